The van der Waals surface area contributed by atoms with Crippen molar-refractivity contribution in [3.05, 3.63) is 48.3 Å². The molecule has 1 amide bonds. The molecule has 138 valence electrons. The summed E-state index contributed by atoms with van der Waals surface area (Å²) in [7, 11) is 3.24. The predicted molar refractivity (Wildman–Crippen MR) is 104 cm³/mol. The van der Waals surface area contributed by atoms with Crippen molar-refractivity contribution in [1.29, 1.82) is 0 Å². The molecule has 26 heavy (non-hydrogen) atoms. The van der Waals surface area contributed by atoms with Crippen LogP contribution in [0.2, 0.25) is 0 Å². The van der Waals surface area contributed by atoms with Crippen LogP contribution in [0.25, 0.3) is 11.1 Å². The number of methoxy groups -OCH3 is 1. The molecule has 0 spiro atoms. The zero-order valence-corrected chi connectivity index (χ0v) is 15.6. The molecule has 1 aromatic carbocycles. The molecular weight excluding hydrogens is 328 g/mol. The fourth-order valence-electron chi connectivity index (χ4n) is 2.61. The number of amides is 1. The van der Waals surface area contributed by atoms with Crippen LogP contribution in [0.4, 0.5) is 0 Å². The molecule has 1 atom stereocenters. The Hall–Kier alpha value is -2.89. The molecule has 0 saturated carbocycles. The van der Waals surface area contributed by atoms with Crippen LogP contribution in [0.3, 0.4) is 0 Å². The van der Waals surface area contributed by atoms with E-state index in [0.29, 0.717) is 6.41 Å². The van der Waals surface area contributed by atoms with Gasteiger partial charge < -0.3 is 10.5 Å². The van der Waals surface area contributed by atoms with Gasteiger partial charge in [0.25, 0.3) is 0 Å². The Balaban J connectivity index is 2.37. The molecule has 1 aromatic heterocycles. The van der Waals surface area contributed by atoms with Crippen molar-refractivity contribution in [3.8, 4) is 16.9 Å². The number of carbonyl (C=O) groups excluding carboxylic acids is 1. The van der Waals surface area contributed by atoms with E-state index >= 15 is 0 Å². The van der Waals surface area contributed by atoms with Gasteiger partial charge in [-0.2, -0.15) is 0 Å². The third-order valence-electron chi connectivity index (χ3n) is 4.19. The maximum absolute atomic E-state index is 10.9. The van der Waals surface area contributed by atoms with Crippen molar-refractivity contribution in [2.75, 3.05) is 14.2 Å². The first-order valence-electron chi connectivity index (χ1n) is 8.69. The number of aliphatic imine (C=N–C) groups is 1. The lowest BCUT2D eigenvalue weighted by molar-refractivity contribution is -0.114. The fraction of sp³-hybridized carbons (Fsp3) is 0.350. The topological polar surface area (TPSA) is 80.8 Å². The van der Waals surface area contributed by atoms with E-state index in [1.165, 1.54) is 4.90 Å². The number of benzene rings is 1. The highest BCUT2D eigenvalue weighted by molar-refractivity contribution is 5.87. The first kappa shape index (κ1) is 19.4. The second kappa shape index (κ2) is 9.56. The molecular formula is C20H26N4O2. The summed E-state index contributed by atoms with van der Waals surface area (Å²) in [6, 6.07) is 9.77. The van der Waals surface area contributed by atoms with E-state index in [2.05, 4.69) is 23.0 Å². The van der Waals surface area contributed by atoms with E-state index in [4.69, 9.17) is 10.5 Å². The van der Waals surface area contributed by atoms with E-state index in [1.54, 1.807) is 14.2 Å². The zero-order chi connectivity index (χ0) is 18.9. The van der Waals surface area contributed by atoms with Crippen molar-refractivity contribution < 1.29 is 9.53 Å². The summed E-state index contributed by atoms with van der Waals surface area (Å²) in [6.07, 6.45) is 7.18. The lowest BCUT2D eigenvalue weighted by atomic mass is 9.99. The molecule has 0 fully saturated rings. The molecule has 0 aliphatic heterocycles. The minimum Gasteiger partial charge on any atom is -0.497 e. The number of nitrogens with zero attached hydrogens (tertiary/aromatic N) is 3. The highest BCUT2D eigenvalue weighted by Crippen LogP contribution is 2.29. The molecule has 0 radical (unpaired) electrons. The molecule has 0 bridgehead atoms. The third kappa shape index (κ3) is 5.05. The predicted octanol–water partition coefficient (Wildman–Crippen LogP) is 3.39. The maximum atomic E-state index is 10.9. The highest BCUT2D eigenvalue weighted by atomic mass is 16.5. The van der Waals surface area contributed by atoms with Gasteiger partial charge in [-0.25, -0.2) is 4.99 Å². The number of guanidine groups is 1. The Morgan fingerprint density at radius 1 is 1.35 bits per heavy atom. The Morgan fingerprint density at radius 3 is 2.85 bits per heavy atom. The van der Waals surface area contributed by atoms with Crippen LogP contribution in [0.5, 0.6) is 5.75 Å². The summed E-state index contributed by atoms with van der Waals surface area (Å²) in [5.41, 5.74) is 8.92. The number of carbonyl (C=O) groups is 1. The molecule has 6 nitrogen and oxygen atoms in total. The van der Waals surface area contributed by atoms with E-state index in [-0.39, 0.29) is 12.0 Å². The number of hydrogen-bond acceptors (Lipinski definition) is 4. The van der Waals surface area contributed by atoms with Gasteiger partial charge in [0, 0.05) is 25.0 Å². The number of unbranched alkanes of at least 4 members (excludes halogenated alkanes) is 1. The van der Waals surface area contributed by atoms with Crippen molar-refractivity contribution in [2.24, 2.45) is 10.7 Å². The Labute approximate surface area is 154 Å². The molecule has 1 unspecified atom stereocenters. The number of ether oxygens (including phenoxy) is 1. The highest BCUT2D eigenvalue weighted by Gasteiger charge is 2.14. The monoisotopic (exact) mass is 354 g/mol. The minimum atomic E-state index is -0.143. The molecule has 6 heteroatoms. The number of hydrogen-bond donors (Lipinski definition) is 1. The lowest BCUT2D eigenvalue weighted by Crippen LogP contribution is -2.33. The van der Waals surface area contributed by atoms with E-state index in [1.807, 2.05) is 36.7 Å². The van der Waals surface area contributed by atoms with Gasteiger partial charge >= 0.3 is 0 Å². The fourth-order valence-corrected chi connectivity index (χ4v) is 2.61. The van der Waals surface area contributed by atoms with Gasteiger partial charge in [-0.3, -0.25) is 14.7 Å². The Kier molecular flexibility index (Phi) is 7.14. The van der Waals surface area contributed by atoms with Gasteiger partial charge in [0.05, 0.1) is 13.2 Å². The quantitative estimate of drug-likeness (QED) is 0.447. The molecule has 2 rings (SSSR count). The smallest absolute Gasteiger partial charge is 0.216 e. The van der Waals surface area contributed by atoms with Crippen molar-refractivity contribution in [3.63, 3.8) is 0 Å². The van der Waals surface area contributed by atoms with Gasteiger partial charge in [-0.15, -0.1) is 0 Å². The van der Waals surface area contributed by atoms with Crippen molar-refractivity contribution in [1.82, 2.24) is 9.88 Å². The zero-order valence-electron chi connectivity index (χ0n) is 15.6. The van der Waals surface area contributed by atoms with Gasteiger partial charge in [0.2, 0.25) is 6.41 Å². The van der Waals surface area contributed by atoms with Crippen LogP contribution in [0.15, 0.2) is 47.7 Å². The van der Waals surface area contributed by atoms with Crippen molar-refractivity contribution >= 4 is 12.4 Å². The van der Waals surface area contributed by atoms with Crippen LogP contribution in [-0.2, 0) is 4.79 Å². The first-order chi connectivity index (χ1) is 12.6. The average Bonchev–Trinajstić information content (AvgIpc) is 2.70. The van der Waals surface area contributed by atoms with Gasteiger partial charge in [0.15, 0.2) is 5.96 Å². The number of rotatable bonds is 8. The van der Waals surface area contributed by atoms with Crippen LogP contribution >= 0.6 is 0 Å². The summed E-state index contributed by atoms with van der Waals surface area (Å²) in [4.78, 5) is 21.1. The van der Waals surface area contributed by atoms with Crippen LogP contribution in [0.1, 0.15) is 37.8 Å². The molecule has 2 N–H and O–H groups in total. The third-order valence-corrected chi connectivity index (χ3v) is 4.19. The summed E-state index contributed by atoms with van der Waals surface area (Å²) >= 11 is 0. The lowest BCUT2D eigenvalue weighted by Gasteiger charge is -2.17. The van der Waals surface area contributed by atoms with E-state index in [9.17, 15) is 4.79 Å². The molecule has 0 saturated heterocycles. The van der Waals surface area contributed by atoms with Crippen LogP contribution < -0.4 is 10.5 Å². The largest absolute Gasteiger partial charge is 0.497 e. The maximum Gasteiger partial charge on any atom is 0.216 e. The van der Waals surface area contributed by atoms with E-state index in [0.717, 1.165) is 41.7 Å². The molecule has 2 aromatic rings. The van der Waals surface area contributed by atoms with Gasteiger partial charge in [0.1, 0.15) is 5.75 Å². The second-order valence-corrected chi connectivity index (χ2v) is 6.10. The van der Waals surface area contributed by atoms with E-state index < -0.39 is 0 Å². The standard InChI is InChI=1S/C20H26N4O2/c1-4-5-9-19(23-20(21)24(2)14-25)17-10-16(12-22-13-17)15-7-6-8-18(11-15)26-3/h6-8,10-14,19H,4-5,9H2,1-3H3,(H2,21,23). The Morgan fingerprint density at radius 2 is 2.15 bits per heavy atom. The summed E-state index contributed by atoms with van der Waals surface area (Å²) < 4.78 is 5.30. The first-order valence-corrected chi connectivity index (χ1v) is 8.69. The van der Waals surface area contributed by atoms with Gasteiger partial charge in [-0.1, -0.05) is 31.9 Å². The molecule has 1 heterocycles. The number of nitrogens with two attached hydrogens (primary N) is 1. The number of pyridine rings is 1. The Bertz CT molecular complexity index is 761. The van der Waals surface area contributed by atoms with Crippen LogP contribution in [0, 0.1) is 0 Å². The summed E-state index contributed by atoms with van der Waals surface area (Å²) in [6.45, 7) is 2.13. The summed E-state index contributed by atoms with van der Waals surface area (Å²) in [5, 5.41) is 0. The normalized spacial score (nSPS) is 12.5. The number of aromatic nitrogens is 1. The SMILES string of the molecule is CCCCC(N=C(N)N(C)C=O)c1cncc(-c2cccc(OC)c2)c1. The van der Waals surface area contributed by atoms with Crippen LogP contribution in [-0.4, -0.2) is 36.4 Å². The van der Waals surface area contributed by atoms with Gasteiger partial charge in [-0.05, 0) is 35.7 Å². The average molecular weight is 354 g/mol. The second-order valence-electron chi connectivity index (χ2n) is 6.10. The minimum absolute atomic E-state index is 0.143. The molecule has 0 aliphatic rings. The van der Waals surface area contributed by atoms with Crippen molar-refractivity contribution in [2.45, 2.75) is 32.2 Å². The summed E-state index contributed by atoms with van der Waals surface area (Å²) in [5.74, 6) is 0.998. The molecule has 0 aliphatic carbocycles.